The van der Waals surface area contributed by atoms with Gasteiger partial charge in [-0.1, -0.05) is 48.5 Å². The van der Waals surface area contributed by atoms with Crippen molar-refractivity contribution >= 4 is 18.0 Å². The zero-order valence-corrected chi connectivity index (χ0v) is 15.3. The molecule has 0 radical (unpaired) electrons. The summed E-state index contributed by atoms with van der Waals surface area (Å²) in [6, 6.07) is 16.3. The zero-order valence-electron chi connectivity index (χ0n) is 15.3. The molecule has 2 N–H and O–H groups in total. The summed E-state index contributed by atoms with van der Waals surface area (Å²) in [4.78, 5) is 37.0. The molecule has 3 rings (SSSR count). The molecule has 2 amide bonds. The van der Waals surface area contributed by atoms with Gasteiger partial charge in [-0.05, 0) is 24.6 Å². The molecule has 7 heteroatoms. The van der Waals surface area contributed by atoms with Gasteiger partial charge < -0.3 is 20.1 Å². The maximum absolute atomic E-state index is 12.6. The second kappa shape index (κ2) is 8.85. The SMILES string of the molecule is CCOC(=O)C1=C(COC(=O)c2ccccc2)NC(=O)NC1c1ccccc1. The predicted molar refractivity (Wildman–Crippen MR) is 101 cm³/mol. The first-order valence-electron chi connectivity index (χ1n) is 8.85. The third kappa shape index (κ3) is 4.37. The van der Waals surface area contributed by atoms with Crippen molar-refractivity contribution in [1.29, 1.82) is 0 Å². The van der Waals surface area contributed by atoms with Crippen molar-refractivity contribution < 1.29 is 23.9 Å². The van der Waals surface area contributed by atoms with E-state index in [9.17, 15) is 14.4 Å². The van der Waals surface area contributed by atoms with Crippen molar-refractivity contribution in [3.63, 3.8) is 0 Å². The Bertz CT molecular complexity index is 894. The molecule has 0 fully saturated rings. The largest absolute Gasteiger partial charge is 0.463 e. The van der Waals surface area contributed by atoms with Crippen LogP contribution in [0.25, 0.3) is 0 Å². The van der Waals surface area contributed by atoms with Gasteiger partial charge in [0.1, 0.15) is 6.61 Å². The summed E-state index contributed by atoms with van der Waals surface area (Å²) in [6.45, 7) is 1.60. The number of rotatable bonds is 6. The Balaban J connectivity index is 1.91. The highest BCUT2D eigenvalue weighted by Crippen LogP contribution is 2.27. The molecule has 1 unspecified atom stereocenters. The van der Waals surface area contributed by atoms with E-state index in [0.29, 0.717) is 11.1 Å². The van der Waals surface area contributed by atoms with Crippen LogP contribution in [0.15, 0.2) is 71.9 Å². The van der Waals surface area contributed by atoms with Crippen molar-refractivity contribution in [2.45, 2.75) is 13.0 Å². The number of nitrogens with one attached hydrogen (secondary N) is 2. The van der Waals surface area contributed by atoms with E-state index in [1.54, 1.807) is 61.5 Å². The Hall–Kier alpha value is -3.61. The van der Waals surface area contributed by atoms with Crippen molar-refractivity contribution in [3.05, 3.63) is 83.1 Å². The maximum Gasteiger partial charge on any atom is 0.338 e. The van der Waals surface area contributed by atoms with E-state index in [1.165, 1.54) is 0 Å². The third-order valence-corrected chi connectivity index (χ3v) is 4.14. The maximum atomic E-state index is 12.6. The molecular formula is C21H20N2O5. The van der Waals surface area contributed by atoms with Gasteiger partial charge in [-0.3, -0.25) is 0 Å². The number of benzene rings is 2. The normalized spacial score (nSPS) is 16.0. The molecule has 1 heterocycles. The lowest BCUT2D eigenvalue weighted by molar-refractivity contribution is -0.139. The zero-order chi connectivity index (χ0) is 19.9. The molecule has 1 aliphatic rings. The van der Waals surface area contributed by atoms with Crippen LogP contribution in [0.2, 0.25) is 0 Å². The molecule has 7 nitrogen and oxygen atoms in total. The summed E-state index contributed by atoms with van der Waals surface area (Å²) in [6.07, 6.45) is 0. The summed E-state index contributed by atoms with van der Waals surface area (Å²) >= 11 is 0. The van der Waals surface area contributed by atoms with Crippen LogP contribution in [-0.2, 0) is 14.3 Å². The van der Waals surface area contributed by atoms with Crippen molar-refractivity contribution in [3.8, 4) is 0 Å². The lowest BCUT2D eigenvalue weighted by Crippen LogP contribution is -2.47. The van der Waals surface area contributed by atoms with Crippen molar-refractivity contribution in [1.82, 2.24) is 10.6 Å². The van der Waals surface area contributed by atoms with E-state index in [2.05, 4.69) is 10.6 Å². The average molecular weight is 380 g/mol. The molecule has 2 aromatic rings. The van der Waals surface area contributed by atoms with Crippen LogP contribution in [0.1, 0.15) is 28.9 Å². The Morgan fingerprint density at radius 2 is 1.57 bits per heavy atom. The Labute approximate surface area is 162 Å². The Kier molecular flexibility index (Phi) is 6.06. The van der Waals surface area contributed by atoms with Gasteiger partial charge in [-0.15, -0.1) is 0 Å². The lowest BCUT2D eigenvalue weighted by Gasteiger charge is -2.29. The number of carbonyl (C=O) groups excluding carboxylic acids is 3. The summed E-state index contributed by atoms with van der Waals surface area (Å²) < 4.78 is 10.5. The van der Waals surface area contributed by atoms with E-state index in [0.717, 1.165) is 0 Å². The number of hydrogen-bond donors (Lipinski definition) is 2. The molecular weight excluding hydrogens is 360 g/mol. The van der Waals surface area contributed by atoms with Crippen LogP contribution >= 0.6 is 0 Å². The monoisotopic (exact) mass is 380 g/mol. The summed E-state index contributed by atoms with van der Waals surface area (Å²) in [5.41, 5.74) is 1.49. The average Bonchev–Trinajstić information content (AvgIpc) is 2.73. The number of carbonyl (C=O) groups is 3. The fourth-order valence-electron chi connectivity index (χ4n) is 2.87. The van der Waals surface area contributed by atoms with Gasteiger partial charge in [-0.2, -0.15) is 0 Å². The minimum atomic E-state index is -0.709. The number of amides is 2. The number of esters is 2. The molecule has 1 aliphatic heterocycles. The first-order chi connectivity index (χ1) is 13.6. The van der Waals surface area contributed by atoms with Crippen molar-refractivity contribution in [2.24, 2.45) is 0 Å². The number of ether oxygens (including phenoxy) is 2. The van der Waals surface area contributed by atoms with Crippen LogP contribution in [0.4, 0.5) is 4.79 Å². The molecule has 0 aliphatic carbocycles. The predicted octanol–water partition coefficient (Wildman–Crippen LogP) is 2.71. The van der Waals surface area contributed by atoms with E-state index < -0.39 is 24.0 Å². The number of hydrogen-bond acceptors (Lipinski definition) is 5. The first-order valence-corrected chi connectivity index (χ1v) is 8.85. The van der Waals surface area contributed by atoms with Gasteiger partial charge in [0.15, 0.2) is 0 Å². The second-order valence-electron chi connectivity index (χ2n) is 6.00. The van der Waals surface area contributed by atoms with Crippen LogP contribution in [-0.4, -0.2) is 31.2 Å². The molecule has 144 valence electrons. The van der Waals surface area contributed by atoms with Crippen molar-refractivity contribution in [2.75, 3.05) is 13.2 Å². The molecule has 0 spiro atoms. The number of urea groups is 1. The fraction of sp³-hybridized carbons (Fsp3) is 0.190. The molecule has 28 heavy (non-hydrogen) atoms. The molecule has 0 bridgehead atoms. The molecule has 0 saturated heterocycles. The summed E-state index contributed by atoms with van der Waals surface area (Å²) in [7, 11) is 0. The van der Waals surface area contributed by atoms with E-state index in [-0.39, 0.29) is 24.5 Å². The molecule has 0 aromatic heterocycles. The third-order valence-electron chi connectivity index (χ3n) is 4.14. The smallest absolute Gasteiger partial charge is 0.338 e. The first kappa shape index (κ1) is 19.2. The minimum absolute atomic E-state index is 0.175. The van der Waals surface area contributed by atoms with Crippen LogP contribution in [0.3, 0.4) is 0 Å². The summed E-state index contributed by atoms with van der Waals surface area (Å²) in [5, 5.41) is 5.29. The van der Waals surface area contributed by atoms with E-state index in [1.807, 2.05) is 6.07 Å². The van der Waals surface area contributed by atoms with E-state index in [4.69, 9.17) is 9.47 Å². The highest BCUT2D eigenvalue weighted by Gasteiger charge is 2.34. The Morgan fingerprint density at radius 3 is 2.21 bits per heavy atom. The van der Waals surface area contributed by atoms with Crippen LogP contribution in [0.5, 0.6) is 0 Å². The van der Waals surface area contributed by atoms with E-state index >= 15 is 0 Å². The van der Waals surface area contributed by atoms with Gasteiger partial charge in [0.25, 0.3) is 0 Å². The molecule has 1 atom stereocenters. The van der Waals surface area contributed by atoms with Gasteiger partial charge in [0, 0.05) is 0 Å². The summed E-state index contributed by atoms with van der Waals surface area (Å²) in [5.74, 6) is -1.14. The standard InChI is InChI=1S/C21H20N2O5/c1-2-27-20(25)17-16(13-28-19(24)15-11-7-4-8-12-15)22-21(26)23-18(17)14-9-5-3-6-10-14/h3-12,18H,2,13H2,1H3,(H2,22,23,26). The fourth-order valence-corrected chi connectivity index (χ4v) is 2.87. The lowest BCUT2D eigenvalue weighted by atomic mass is 9.95. The van der Waals surface area contributed by atoms with Gasteiger partial charge >= 0.3 is 18.0 Å². The van der Waals surface area contributed by atoms with Crippen LogP contribution < -0.4 is 10.6 Å². The topological polar surface area (TPSA) is 93.7 Å². The molecule has 2 aromatic carbocycles. The minimum Gasteiger partial charge on any atom is -0.463 e. The quantitative estimate of drug-likeness (QED) is 0.752. The van der Waals surface area contributed by atoms with Gasteiger partial charge in [-0.25, -0.2) is 14.4 Å². The molecule has 0 saturated carbocycles. The van der Waals surface area contributed by atoms with Crippen LogP contribution in [0, 0.1) is 0 Å². The van der Waals surface area contributed by atoms with Gasteiger partial charge in [0.05, 0.1) is 29.5 Å². The highest BCUT2D eigenvalue weighted by molar-refractivity contribution is 5.95. The second-order valence-corrected chi connectivity index (χ2v) is 6.00. The van der Waals surface area contributed by atoms with Gasteiger partial charge in [0.2, 0.25) is 0 Å². The highest BCUT2D eigenvalue weighted by atomic mass is 16.5. The Morgan fingerprint density at radius 1 is 0.929 bits per heavy atom.